The smallest absolute Gasteiger partial charge is 0.242 e. The molecule has 1 fully saturated rings. The molecule has 1 aliphatic rings. The number of hydrogen-bond donors (Lipinski definition) is 2. The highest BCUT2D eigenvalue weighted by atomic mass is 16.2. The molecule has 1 saturated heterocycles. The molecule has 0 bridgehead atoms. The van der Waals surface area contributed by atoms with E-state index in [2.05, 4.69) is 51.7 Å². The molecule has 0 radical (unpaired) electrons. The molecular formula is C19H31N5O. The van der Waals surface area contributed by atoms with E-state index in [1.165, 1.54) is 18.5 Å². The standard InChI is InChI=1S/C19H31N5O/c1-3-4-8-11-21-19(20-2)22-16-18(25)24-14-12-23(13-15-24)17-9-6-5-7-10-17/h5-7,9-10H,3-4,8,11-16H2,1-2H3,(H2,20,21,22). The topological polar surface area (TPSA) is 60.0 Å². The largest absolute Gasteiger partial charge is 0.368 e. The quantitative estimate of drug-likeness (QED) is 0.449. The maximum atomic E-state index is 12.4. The van der Waals surface area contributed by atoms with Crippen LogP contribution < -0.4 is 15.5 Å². The first-order valence-corrected chi connectivity index (χ1v) is 9.27. The number of anilines is 1. The number of benzene rings is 1. The summed E-state index contributed by atoms with van der Waals surface area (Å²) in [6.45, 7) is 6.63. The highest BCUT2D eigenvalue weighted by molar-refractivity contribution is 5.86. The van der Waals surface area contributed by atoms with Gasteiger partial charge in [0.1, 0.15) is 0 Å². The maximum Gasteiger partial charge on any atom is 0.242 e. The van der Waals surface area contributed by atoms with E-state index in [0.717, 1.165) is 39.1 Å². The van der Waals surface area contributed by atoms with Crippen molar-refractivity contribution in [2.24, 2.45) is 4.99 Å². The average molecular weight is 345 g/mol. The van der Waals surface area contributed by atoms with Crippen LogP contribution in [-0.2, 0) is 4.79 Å². The summed E-state index contributed by atoms with van der Waals surface area (Å²) in [4.78, 5) is 20.8. The Labute approximate surface area is 151 Å². The number of hydrogen-bond acceptors (Lipinski definition) is 3. The summed E-state index contributed by atoms with van der Waals surface area (Å²) in [5.74, 6) is 0.830. The molecule has 1 heterocycles. The van der Waals surface area contributed by atoms with Crippen molar-refractivity contribution in [3.05, 3.63) is 30.3 Å². The third kappa shape index (κ3) is 6.29. The first-order chi connectivity index (χ1) is 12.2. The molecule has 0 aromatic heterocycles. The summed E-state index contributed by atoms with van der Waals surface area (Å²) in [6, 6.07) is 10.4. The molecule has 0 spiro atoms. The van der Waals surface area contributed by atoms with E-state index in [9.17, 15) is 4.79 Å². The second kappa shape index (κ2) is 10.6. The number of carbonyl (C=O) groups excluding carboxylic acids is 1. The van der Waals surface area contributed by atoms with Gasteiger partial charge < -0.3 is 20.4 Å². The molecule has 138 valence electrons. The lowest BCUT2D eigenvalue weighted by Gasteiger charge is -2.36. The second-order valence-corrected chi connectivity index (χ2v) is 6.26. The van der Waals surface area contributed by atoms with Crippen molar-refractivity contribution in [3.63, 3.8) is 0 Å². The first-order valence-electron chi connectivity index (χ1n) is 9.27. The summed E-state index contributed by atoms with van der Waals surface area (Å²) < 4.78 is 0. The number of rotatable bonds is 7. The fourth-order valence-corrected chi connectivity index (χ4v) is 2.93. The molecule has 6 heteroatoms. The van der Waals surface area contributed by atoms with Crippen LogP contribution in [0.2, 0.25) is 0 Å². The van der Waals surface area contributed by atoms with Gasteiger partial charge in [-0.25, -0.2) is 0 Å². The molecule has 1 aromatic carbocycles. The predicted molar refractivity (Wildman–Crippen MR) is 104 cm³/mol. The number of carbonyl (C=O) groups is 1. The van der Waals surface area contributed by atoms with Crippen molar-refractivity contribution in [3.8, 4) is 0 Å². The number of guanidine groups is 1. The monoisotopic (exact) mass is 345 g/mol. The minimum absolute atomic E-state index is 0.129. The van der Waals surface area contributed by atoms with E-state index in [1.807, 2.05) is 11.0 Å². The number of nitrogens with one attached hydrogen (secondary N) is 2. The van der Waals surface area contributed by atoms with Gasteiger partial charge in [0.2, 0.25) is 5.91 Å². The van der Waals surface area contributed by atoms with Gasteiger partial charge in [0.15, 0.2) is 5.96 Å². The van der Waals surface area contributed by atoms with Gasteiger partial charge in [-0.1, -0.05) is 38.0 Å². The van der Waals surface area contributed by atoms with Crippen LogP contribution in [0.25, 0.3) is 0 Å². The van der Waals surface area contributed by atoms with Crippen molar-refractivity contribution < 1.29 is 4.79 Å². The van der Waals surface area contributed by atoms with Crippen molar-refractivity contribution >= 4 is 17.6 Å². The van der Waals surface area contributed by atoms with Crippen LogP contribution in [-0.4, -0.2) is 63.1 Å². The number of nitrogens with zero attached hydrogens (tertiary/aromatic N) is 3. The Kier molecular flexibility index (Phi) is 8.09. The molecule has 1 aliphatic heterocycles. The summed E-state index contributed by atoms with van der Waals surface area (Å²) in [5.41, 5.74) is 1.23. The number of aliphatic imine (C=N–C) groups is 1. The van der Waals surface area contributed by atoms with Crippen LogP contribution >= 0.6 is 0 Å². The maximum absolute atomic E-state index is 12.4. The van der Waals surface area contributed by atoms with Gasteiger partial charge in [-0.15, -0.1) is 0 Å². The van der Waals surface area contributed by atoms with Crippen LogP contribution in [0.5, 0.6) is 0 Å². The molecule has 0 unspecified atom stereocenters. The van der Waals surface area contributed by atoms with E-state index in [-0.39, 0.29) is 5.91 Å². The summed E-state index contributed by atoms with van der Waals surface area (Å²) in [7, 11) is 1.73. The SMILES string of the molecule is CCCCCNC(=NC)NCC(=O)N1CCN(c2ccccc2)CC1. The van der Waals surface area contributed by atoms with E-state index in [4.69, 9.17) is 0 Å². The third-order valence-electron chi connectivity index (χ3n) is 4.46. The fourth-order valence-electron chi connectivity index (χ4n) is 2.93. The number of para-hydroxylation sites is 1. The Morgan fingerprint density at radius 3 is 2.44 bits per heavy atom. The highest BCUT2D eigenvalue weighted by Crippen LogP contribution is 2.15. The molecule has 1 aromatic rings. The zero-order valence-electron chi connectivity index (χ0n) is 15.5. The third-order valence-corrected chi connectivity index (χ3v) is 4.46. The van der Waals surface area contributed by atoms with Crippen LogP contribution in [0.15, 0.2) is 35.3 Å². The molecule has 0 atom stereocenters. The minimum Gasteiger partial charge on any atom is -0.368 e. The van der Waals surface area contributed by atoms with Crippen molar-refractivity contribution in [1.29, 1.82) is 0 Å². The number of amides is 1. The van der Waals surface area contributed by atoms with E-state index >= 15 is 0 Å². The van der Waals surface area contributed by atoms with Gasteiger partial charge in [-0.05, 0) is 18.6 Å². The van der Waals surface area contributed by atoms with Crippen molar-refractivity contribution in [2.45, 2.75) is 26.2 Å². The molecular weight excluding hydrogens is 314 g/mol. The first kappa shape index (κ1) is 19.1. The van der Waals surface area contributed by atoms with Crippen LogP contribution in [0.3, 0.4) is 0 Å². The van der Waals surface area contributed by atoms with Crippen LogP contribution in [0.4, 0.5) is 5.69 Å². The van der Waals surface area contributed by atoms with Gasteiger partial charge in [0.25, 0.3) is 0 Å². The van der Waals surface area contributed by atoms with Crippen LogP contribution in [0, 0.1) is 0 Å². The number of unbranched alkanes of at least 4 members (excludes halogenated alkanes) is 2. The zero-order valence-corrected chi connectivity index (χ0v) is 15.5. The fraction of sp³-hybridized carbons (Fsp3) is 0.579. The molecule has 0 aliphatic carbocycles. The Bertz CT molecular complexity index is 538. The molecule has 1 amide bonds. The van der Waals surface area contributed by atoms with Gasteiger partial charge in [0.05, 0.1) is 6.54 Å². The van der Waals surface area contributed by atoms with Gasteiger partial charge >= 0.3 is 0 Å². The lowest BCUT2D eigenvalue weighted by molar-refractivity contribution is -0.130. The van der Waals surface area contributed by atoms with E-state index in [0.29, 0.717) is 12.5 Å². The Balaban J connectivity index is 1.69. The molecule has 0 saturated carbocycles. The molecule has 2 rings (SSSR count). The van der Waals surface area contributed by atoms with Crippen LogP contribution in [0.1, 0.15) is 26.2 Å². The second-order valence-electron chi connectivity index (χ2n) is 6.26. The molecule has 25 heavy (non-hydrogen) atoms. The Morgan fingerprint density at radius 2 is 1.80 bits per heavy atom. The minimum atomic E-state index is 0.129. The Morgan fingerprint density at radius 1 is 1.08 bits per heavy atom. The number of piperazine rings is 1. The lowest BCUT2D eigenvalue weighted by Crippen LogP contribution is -2.52. The van der Waals surface area contributed by atoms with Gasteiger partial charge in [-0.2, -0.15) is 0 Å². The zero-order chi connectivity index (χ0) is 17.9. The Hall–Kier alpha value is -2.24. The summed E-state index contributed by atoms with van der Waals surface area (Å²) in [6.07, 6.45) is 3.52. The summed E-state index contributed by atoms with van der Waals surface area (Å²) in [5, 5.41) is 6.37. The van der Waals surface area contributed by atoms with Crippen molar-refractivity contribution in [1.82, 2.24) is 15.5 Å². The van der Waals surface area contributed by atoms with Gasteiger partial charge in [-0.3, -0.25) is 9.79 Å². The van der Waals surface area contributed by atoms with E-state index < -0.39 is 0 Å². The molecule has 2 N–H and O–H groups in total. The average Bonchev–Trinajstić information content (AvgIpc) is 2.68. The summed E-state index contributed by atoms with van der Waals surface area (Å²) >= 11 is 0. The highest BCUT2D eigenvalue weighted by Gasteiger charge is 2.21. The lowest BCUT2D eigenvalue weighted by atomic mass is 10.2. The predicted octanol–water partition coefficient (Wildman–Crippen LogP) is 1.69. The van der Waals surface area contributed by atoms with Crippen molar-refractivity contribution in [2.75, 3.05) is 51.2 Å². The normalized spacial score (nSPS) is 15.2. The molecule has 6 nitrogen and oxygen atoms in total. The van der Waals surface area contributed by atoms with E-state index in [1.54, 1.807) is 7.05 Å². The van der Waals surface area contributed by atoms with Gasteiger partial charge in [0, 0.05) is 45.5 Å².